The molecule has 1 atom stereocenters. The average Bonchev–Trinajstić information content (AvgIpc) is 3.16. The van der Waals surface area contributed by atoms with E-state index in [-0.39, 0.29) is 5.91 Å². The Morgan fingerprint density at radius 3 is 2.77 bits per heavy atom. The van der Waals surface area contributed by atoms with Gasteiger partial charge in [-0.05, 0) is 18.4 Å². The zero-order chi connectivity index (χ0) is 15.5. The summed E-state index contributed by atoms with van der Waals surface area (Å²) in [6.45, 7) is 1.07. The van der Waals surface area contributed by atoms with Gasteiger partial charge in [0.25, 0.3) is 5.91 Å². The van der Waals surface area contributed by atoms with E-state index in [4.69, 9.17) is 5.11 Å². The Hall–Kier alpha value is -2.63. The van der Waals surface area contributed by atoms with Crippen LogP contribution in [0, 0.1) is 0 Å². The fourth-order valence-corrected chi connectivity index (χ4v) is 2.76. The molecule has 22 heavy (non-hydrogen) atoms. The van der Waals surface area contributed by atoms with Gasteiger partial charge in [0.05, 0.1) is 18.3 Å². The smallest absolute Gasteiger partial charge is 0.326 e. The van der Waals surface area contributed by atoms with Crippen molar-refractivity contribution in [1.82, 2.24) is 14.7 Å². The third kappa shape index (κ3) is 2.86. The molecule has 1 N–H and O–H groups in total. The maximum Gasteiger partial charge on any atom is 0.326 e. The zero-order valence-electron chi connectivity index (χ0n) is 12.1. The van der Waals surface area contributed by atoms with Gasteiger partial charge in [0.1, 0.15) is 6.04 Å². The Balaban J connectivity index is 1.73. The summed E-state index contributed by atoms with van der Waals surface area (Å²) in [5, 5.41) is 13.4. The summed E-state index contributed by atoms with van der Waals surface area (Å²) in [5.41, 5.74) is 1.53. The first-order valence-electron chi connectivity index (χ1n) is 7.25. The van der Waals surface area contributed by atoms with Crippen LogP contribution in [0.1, 0.15) is 28.8 Å². The van der Waals surface area contributed by atoms with Crippen molar-refractivity contribution >= 4 is 11.9 Å². The van der Waals surface area contributed by atoms with E-state index in [1.165, 1.54) is 11.1 Å². The minimum Gasteiger partial charge on any atom is -0.480 e. The summed E-state index contributed by atoms with van der Waals surface area (Å²) in [4.78, 5) is 25.0. The number of nitrogens with zero attached hydrogens (tertiary/aromatic N) is 3. The number of hydrogen-bond acceptors (Lipinski definition) is 3. The molecule has 0 saturated carbocycles. The van der Waals surface area contributed by atoms with Crippen molar-refractivity contribution in [3.8, 4) is 0 Å². The highest BCUT2D eigenvalue weighted by molar-refractivity contribution is 5.96. The van der Waals surface area contributed by atoms with E-state index >= 15 is 0 Å². The first kappa shape index (κ1) is 14.3. The number of carboxylic acids is 1. The monoisotopic (exact) mass is 299 g/mol. The molecule has 6 nitrogen and oxygen atoms in total. The highest BCUT2D eigenvalue weighted by Gasteiger charge is 2.34. The van der Waals surface area contributed by atoms with E-state index < -0.39 is 12.0 Å². The number of amides is 1. The standard InChI is InChI=1S/C16H17N3O3/c20-15(19-8-4-7-14(19)16(21)22)13-9-17-18(11-13)10-12-5-2-1-3-6-12/h1-3,5-6,9,11,14H,4,7-8,10H2,(H,21,22). The lowest BCUT2D eigenvalue weighted by atomic mass is 10.2. The summed E-state index contributed by atoms with van der Waals surface area (Å²) in [5.74, 6) is -1.20. The van der Waals surface area contributed by atoms with Gasteiger partial charge in [-0.25, -0.2) is 4.79 Å². The molecule has 0 spiro atoms. The number of aromatic nitrogens is 2. The van der Waals surface area contributed by atoms with Crippen LogP contribution in [-0.2, 0) is 11.3 Å². The highest BCUT2D eigenvalue weighted by atomic mass is 16.4. The molecule has 1 aliphatic heterocycles. The summed E-state index contributed by atoms with van der Waals surface area (Å²) in [6, 6.07) is 9.11. The predicted molar refractivity (Wildman–Crippen MR) is 79.5 cm³/mol. The van der Waals surface area contributed by atoms with Crippen LogP contribution in [0.3, 0.4) is 0 Å². The summed E-state index contributed by atoms with van der Waals surface area (Å²) in [7, 11) is 0. The van der Waals surface area contributed by atoms with Crippen molar-refractivity contribution in [3.05, 3.63) is 53.9 Å². The first-order chi connectivity index (χ1) is 10.6. The molecule has 1 aromatic heterocycles. The maximum atomic E-state index is 12.4. The molecule has 0 radical (unpaired) electrons. The number of hydrogen-bond donors (Lipinski definition) is 1. The summed E-state index contributed by atoms with van der Waals surface area (Å²) >= 11 is 0. The van der Waals surface area contributed by atoms with Crippen LogP contribution in [0.5, 0.6) is 0 Å². The van der Waals surface area contributed by atoms with Gasteiger partial charge in [-0.15, -0.1) is 0 Å². The first-order valence-corrected chi connectivity index (χ1v) is 7.25. The average molecular weight is 299 g/mol. The van der Waals surface area contributed by atoms with Crippen molar-refractivity contribution in [3.63, 3.8) is 0 Å². The van der Waals surface area contributed by atoms with Crippen LogP contribution in [0.2, 0.25) is 0 Å². The molecular formula is C16H17N3O3. The molecule has 1 fully saturated rings. The SMILES string of the molecule is O=C(O)C1CCCN1C(=O)c1cnn(Cc2ccccc2)c1. The maximum absolute atomic E-state index is 12.4. The lowest BCUT2D eigenvalue weighted by molar-refractivity contribution is -0.141. The molecule has 6 heteroatoms. The fraction of sp³-hybridized carbons (Fsp3) is 0.312. The van der Waals surface area contributed by atoms with E-state index in [1.54, 1.807) is 10.9 Å². The van der Waals surface area contributed by atoms with Crippen LogP contribution in [0.25, 0.3) is 0 Å². The highest BCUT2D eigenvalue weighted by Crippen LogP contribution is 2.20. The summed E-state index contributed by atoms with van der Waals surface area (Å²) in [6.07, 6.45) is 4.41. The minimum absolute atomic E-state index is 0.260. The van der Waals surface area contributed by atoms with E-state index in [9.17, 15) is 9.59 Å². The second kappa shape index (κ2) is 6.01. The Morgan fingerprint density at radius 2 is 2.05 bits per heavy atom. The molecule has 2 heterocycles. The molecule has 1 aliphatic rings. The van der Waals surface area contributed by atoms with Crippen LogP contribution in [0.4, 0.5) is 0 Å². The lowest BCUT2D eigenvalue weighted by Gasteiger charge is -2.20. The van der Waals surface area contributed by atoms with Crippen molar-refractivity contribution in [1.29, 1.82) is 0 Å². The fourth-order valence-electron chi connectivity index (χ4n) is 2.76. The van der Waals surface area contributed by atoms with Gasteiger partial charge < -0.3 is 10.0 Å². The van der Waals surface area contributed by atoms with Gasteiger partial charge >= 0.3 is 5.97 Å². The molecule has 0 aliphatic carbocycles. The molecule has 1 saturated heterocycles. The van der Waals surface area contributed by atoms with Gasteiger partial charge in [0.2, 0.25) is 0 Å². The third-order valence-electron chi connectivity index (χ3n) is 3.87. The number of carboxylic acid groups (broad SMARTS) is 1. The molecule has 2 aromatic rings. The topological polar surface area (TPSA) is 75.4 Å². The Kier molecular flexibility index (Phi) is 3.91. The van der Waals surface area contributed by atoms with Crippen molar-refractivity contribution in [2.24, 2.45) is 0 Å². The molecular weight excluding hydrogens is 282 g/mol. The van der Waals surface area contributed by atoms with Gasteiger partial charge in [0.15, 0.2) is 0 Å². The molecule has 114 valence electrons. The quantitative estimate of drug-likeness (QED) is 0.931. The number of carbonyl (C=O) groups is 2. The van der Waals surface area contributed by atoms with Gasteiger partial charge in [0, 0.05) is 12.7 Å². The number of likely N-dealkylation sites (tertiary alicyclic amines) is 1. The Bertz CT molecular complexity index is 681. The van der Waals surface area contributed by atoms with E-state index in [0.717, 1.165) is 12.0 Å². The normalized spacial score (nSPS) is 17.6. The number of benzene rings is 1. The zero-order valence-corrected chi connectivity index (χ0v) is 12.1. The third-order valence-corrected chi connectivity index (χ3v) is 3.87. The minimum atomic E-state index is -0.942. The van der Waals surface area contributed by atoms with Gasteiger partial charge in [-0.2, -0.15) is 5.10 Å². The van der Waals surface area contributed by atoms with Crippen molar-refractivity contribution in [2.45, 2.75) is 25.4 Å². The van der Waals surface area contributed by atoms with Gasteiger partial charge in [-0.3, -0.25) is 9.48 Å². The van der Waals surface area contributed by atoms with E-state index in [2.05, 4.69) is 5.10 Å². The largest absolute Gasteiger partial charge is 0.480 e. The Morgan fingerprint density at radius 1 is 1.27 bits per heavy atom. The van der Waals surface area contributed by atoms with Crippen LogP contribution < -0.4 is 0 Å². The number of rotatable bonds is 4. The Labute approximate surface area is 128 Å². The van der Waals surface area contributed by atoms with Crippen LogP contribution in [0.15, 0.2) is 42.7 Å². The molecule has 1 unspecified atom stereocenters. The molecule has 1 amide bonds. The number of aliphatic carboxylic acids is 1. The second-order valence-electron chi connectivity index (χ2n) is 5.41. The molecule has 0 bridgehead atoms. The van der Waals surface area contributed by atoms with Crippen molar-refractivity contribution in [2.75, 3.05) is 6.54 Å². The van der Waals surface area contributed by atoms with Gasteiger partial charge in [-0.1, -0.05) is 30.3 Å². The van der Waals surface area contributed by atoms with Crippen LogP contribution in [-0.4, -0.2) is 44.3 Å². The second-order valence-corrected chi connectivity index (χ2v) is 5.41. The molecule has 1 aromatic carbocycles. The molecule has 3 rings (SSSR count). The lowest BCUT2D eigenvalue weighted by Crippen LogP contribution is -2.40. The summed E-state index contributed by atoms with van der Waals surface area (Å²) < 4.78 is 1.69. The predicted octanol–water partition coefficient (Wildman–Crippen LogP) is 1.62. The number of carbonyl (C=O) groups excluding carboxylic acids is 1. The van der Waals surface area contributed by atoms with E-state index in [0.29, 0.717) is 25.1 Å². The van der Waals surface area contributed by atoms with Crippen molar-refractivity contribution < 1.29 is 14.7 Å². The van der Waals surface area contributed by atoms with Crippen LogP contribution >= 0.6 is 0 Å². The van der Waals surface area contributed by atoms with E-state index in [1.807, 2.05) is 30.3 Å².